The summed E-state index contributed by atoms with van der Waals surface area (Å²) >= 11 is 0. The first-order valence-corrected chi connectivity index (χ1v) is 7.93. The van der Waals surface area contributed by atoms with E-state index in [9.17, 15) is 4.79 Å². The number of benzene rings is 1. The Morgan fingerprint density at radius 3 is 2.77 bits per heavy atom. The molecule has 0 amide bonds. The molecule has 2 heteroatoms. The Hall–Kier alpha value is -2.09. The van der Waals surface area contributed by atoms with Gasteiger partial charge in [0, 0.05) is 39.1 Å². The molecule has 1 heterocycles. The highest BCUT2D eigenvalue weighted by atomic mass is 16.1. The molecule has 1 aromatic heterocycles. The van der Waals surface area contributed by atoms with Crippen molar-refractivity contribution in [3.63, 3.8) is 0 Å². The molecular formula is C20H21NO. The van der Waals surface area contributed by atoms with Crippen molar-refractivity contribution < 1.29 is 4.79 Å². The van der Waals surface area contributed by atoms with Crippen LogP contribution in [0.4, 0.5) is 0 Å². The van der Waals surface area contributed by atoms with Crippen molar-refractivity contribution in [3.05, 3.63) is 53.8 Å². The van der Waals surface area contributed by atoms with Crippen molar-refractivity contribution >= 4 is 22.3 Å². The quantitative estimate of drug-likeness (QED) is 0.754. The van der Waals surface area contributed by atoms with Crippen LogP contribution in [0.5, 0.6) is 0 Å². The summed E-state index contributed by atoms with van der Waals surface area (Å²) in [5, 5.41) is 1.22. The van der Waals surface area contributed by atoms with Crippen LogP contribution in [0.1, 0.15) is 44.7 Å². The summed E-state index contributed by atoms with van der Waals surface area (Å²) in [6, 6.07) is 6.39. The van der Waals surface area contributed by atoms with Gasteiger partial charge in [0.15, 0.2) is 5.78 Å². The number of H-pyrrole nitrogens is 1. The lowest BCUT2D eigenvalue weighted by atomic mass is 9.60. The van der Waals surface area contributed by atoms with Gasteiger partial charge in [-0.2, -0.15) is 0 Å². The third kappa shape index (κ3) is 1.43. The first-order valence-electron chi connectivity index (χ1n) is 7.93. The number of fused-ring (bicyclic) bond motifs is 1. The first-order chi connectivity index (χ1) is 10.4. The van der Waals surface area contributed by atoms with Crippen LogP contribution in [0.15, 0.2) is 42.6 Å². The van der Waals surface area contributed by atoms with Crippen molar-refractivity contribution in [2.24, 2.45) is 5.41 Å². The molecule has 2 aliphatic rings. The fraction of sp³-hybridized carbons (Fsp3) is 0.350. The molecule has 0 saturated carbocycles. The summed E-state index contributed by atoms with van der Waals surface area (Å²) in [7, 11) is 0. The Bertz CT molecular complexity index is 865. The highest BCUT2D eigenvalue weighted by Gasteiger charge is 2.45. The van der Waals surface area contributed by atoms with E-state index < -0.39 is 5.41 Å². The van der Waals surface area contributed by atoms with E-state index in [1.807, 2.05) is 19.2 Å². The predicted molar refractivity (Wildman–Crippen MR) is 90.8 cm³/mol. The summed E-state index contributed by atoms with van der Waals surface area (Å²) in [6.45, 7) is 10.4. The van der Waals surface area contributed by atoms with Gasteiger partial charge < -0.3 is 4.98 Å². The normalized spacial score (nSPS) is 26.2. The van der Waals surface area contributed by atoms with Crippen LogP contribution in [-0.4, -0.2) is 10.8 Å². The fourth-order valence-electron chi connectivity index (χ4n) is 4.22. The van der Waals surface area contributed by atoms with E-state index in [0.717, 1.165) is 29.5 Å². The Labute approximate surface area is 130 Å². The number of hydrogen-bond donors (Lipinski definition) is 1. The molecule has 2 aromatic rings. The lowest BCUT2D eigenvalue weighted by Gasteiger charge is -2.42. The minimum absolute atomic E-state index is 0.0950. The molecule has 1 unspecified atom stereocenters. The van der Waals surface area contributed by atoms with Crippen molar-refractivity contribution in [2.75, 3.05) is 0 Å². The molecule has 1 atom stereocenters. The molecule has 0 bridgehead atoms. The van der Waals surface area contributed by atoms with Crippen LogP contribution < -0.4 is 0 Å². The van der Waals surface area contributed by atoms with E-state index >= 15 is 0 Å². The van der Waals surface area contributed by atoms with Crippen LogP contribution in [0.2, 0.25) is 0 Å². The van der Waals surface area contributed by atoms with Gasteiger partial charge in [0.05, 0.1) is 0 Å². The summed E-state index contributed by atoms with van der Waals surface area (Å²) < 4.78 is 0. The van der Waals surface area contributed by atoms with E-state index in [1.54, 1.807) is 0 Å². The molecule has 2 nitrogen and oxygen atoms in total. The minimum Gasteiger partial charge on any atom is -0.361 e. The first kappa shape index (κ1) is 13.6. The molecule has 1 N–H and O–H groups in total. The monoisotopic (exact) mass is 291 g/mol. The number of ketones is 1. The Morgan fingerprint density at radius 1 is 1.27 bits per heavy atom. The van der Waals surface area contributed by atoms with Crippen molar-refractivity contribution in [1.29, 1.82) is 0 Å². The molecule has 0 radical (unpaired) electrons. The summed E-state index contributed by atoms with van der Waals surface area (Å²) in [6.07, 6.45) is 5.65. The fourth-order valence-corrected chi connectivity index (χ4v) is 4.22. The molecule has 2 aliphatic carbocycles. The lowest BCUT2D eigenvalue weighted by Crippen LogP contribution is -2.37. The van der Waals surface area contributed by atoms with E-state index in [1.165, 1.54) is 16.5 Å². The number of nitrogens with one attached hydrogen (secondary N) is 1. The molecular weight excluding hydrogens is 270 g/mol. The average Bonchev–Trinajstić information content (AvgIpc) is 2.92. The predicted octanol–water partition coefficient (Wildman–Crippen LogP) is 4.77. The van der Waals surface area contributed by atoms with Crippen molar-refractivity contribution in [3.8, 4) is 0 Å². The largest absolute Gasteiger partial charge is 0.361 e. The smallest absolute Gasteiger partial charge is 0.173 e. The van der Waals surface area contributed by atoms with Crippen LogP contribution in [0.3, 0.4) is 0 Å². The summed E-state index contributed by atoms with van der Waals surface area (Å²) in [5.74, 6) is 0.229. The zero-order chi connectivity index (χ0) is 15.7. The maximum absolute atomic E-state index is 13.2. The Balaban J connectivity index is 2.10. The van der Waals surface area contributed by atoms with Gasteiger partial charge in [-0.1, -0.05) is 32.1 Å². The Morgan fingerprint density at radius 2 is 2.05 bits per heavy atom. The molecule has 0 aliphatic heterocycles. The second-order valence-electron chi connectivity index (χ2n) is 7.36. The number of allylic oxidation sites excluding steroid dienone is 3. The molecule has 0 saturated heterocycles. The van der Waals surface area contributed by atoms with Gasteiger partial charge in [0.25, 0.3) is 0 Å². The van der Waals surface area contributed by atoms with Gasteiger partial charge in [-0.25, -0.2) is 0 Å². The SMILES string of the molecule is C=CC1(C)CCC2=C(C1=O)c1c[nH]c3cccc(c13)C2(C)C. The van der Waals surface area contributed by atoms with Gasteiger partial charge in [0.2, 0.25) is 0 Å². The topological polar surface area (TPSA) is 32.9 Å². The highest BCUT2D eigenvalue weighted by Crippen LogP contribution is 2.53. The number of rotatable bonds is 1. The maximum Gasteiger partial charge on any atom is 0.173 e. The van der Waals surface area contributed by atoms with Gasteiger partial charge >= 0.3 is 0 Å². The average molecular weight is 291 g/mol. The van der Waals surface area contributed by atoms with Gasteiger partial charge in [0.1, 0.15) is 0 Å². The zero-order valence-electron chi connectivity index (χ0n) is 13.4. The second kappa shape index (κ2) is 4.01. The van der Waals surface area contributed by atoms with E-state index in [-0.39, 0.29) is 11.2 Å². The minimum atomic E-state index is -0.440. The molecule has 0 spiro atoms. The number of carbonyl (C=O) groups is 1. The molecule has 22 heavy (non-hydrogen) atoms. The highest BCUT2D eigenvalue weighted by molar-refractivity contribution is 6.29. The third-order valence-corrected chi connectivity index (χ3v) is 5.80. The van der Waals surface area contributed by atoms with E-state index in [0.29, 0.717) is 0 Å². The van der Waals surface area contributed by atoms with Gasteiger partial charge in [-0.15, -0.1) is 6.58 Å². The summed E-state index contributed by atoms with van der Waals surface area (Å²) in [4.78, 5) is 16.5. The standard InChI is InChI=1S/C20H21NO/c1-5-20(4)10-9-14-17(18(20)22)12-11-21-15-8-6-7-13(16(12)15)19(14,2)3/h5-8,11,21H,1,9-10H2,2-4H3. The number of aromatic amines is 1. The number of Topliss-reactive ketones (excluding diaryl/α,β-unsaturated/α-hetero) is 1. The van der Waals surface area contributed by atoms with Crippen LogP contribution in [0.25, 0.3) is 16.5 Å². The molecule has 0 fully saturated rings. The van der Waals surface area contributed by atoms with Gasteiger partial charge in [-0.3, -0.25) is 4.79 Å². The van der Waals surface area contributed by atoms with E-state index in [2.05, 4.69) is 43.6 Å². The third-order valence-electron chi connectivity index (χ3n) is 5.80. The van der Waals surface area contributed by atoms with Crippen molar-refractivity contribution in [2.45, 2.75) is 39.0 Å². The second-order valence-corrected chi connectivity index (χ2v) is 7.36. The number of aromatic nitrogens is 1. The molecule has 4 rings (SSSR count). The summed E-state index contributed by atoms with van der Waals surface area (Å²) in [5.41, 5.74) is 5.21. The number of hydrogen-bond acceptors (Lipinski definition) is 1. The molecule has 1 aromatic carbocycles. The van der Waals surface area contributed by atoms with Gasteiger partial charge in [-0.05, 0) is 37.0 Å². The van der Waals surface area contributed by atoms with E-state index in [4.69, 9.17) is 0 Å². The van der Waals surface area contributed by atoms with Crippen LogP contribution >= 0.6 is 0 Å². The number of carbonyl (C=O) groups excluding carboxylic acids is 1. The van der Waals surface area contributed by atoms with Crippen LogP contribution in [0, 0.1) is 5.41 Å². The molecule has 112 valence electrons. The lowest BCUT2D eigenvalue weighted by molar-refractivity contribution is -0.120. The maximum atomic E-state index is 13.2. The van der Waals surface area contributed by atoms with Crippen molar-refractivity contribution in [1.82, 2.24) is 4.98 Å². The Kier molecular flexibility index (Phi) is 2.47. The zero-order valence-corrected chi connectivity index (χ0v) is 13.4. The van der Waals surface area contributed by atoms with Crippen LogP contribution in [-0.2, 0) is 10.2 Å².